The molecule has 4 heteroatoms. The second kappa shape index (κ2) is 9.16. The lowest BCUT2D eigenvalue weighted by Crippen LogP contribution is -2.35. The van der Waals surface area contributed by atoms with Gasteiger partial charge < -0.3 is 15.2 Å². The maximum Gasteiger partial charge on any atom is 0.197 e. The van der Waals surface area contributed by atoms with Crippen LogP contribution < -0.4 is 10.1 Å². The van der Waals surface area contributed by atoms with Crippen molar-refractivity contribution < 1.29 is 14.6 Å². The van der Waals surface area contributed by atoms with Gasteiger partial charge in [-0.25, -0.2) is 0 Å². The lowest BCUT2D eigenvalue weighted by atomic mass is 9.93. The third-order valence-corrected chi connectivity index (χ3v) is 4.49. The maximum atomic E-state index is 13.2. The average Bonchev–Trinajstić information content (AvgIpc) is 2.57. The summed E-state index contributed by atoms with van der Waals surface area (Å²) < 4.78 is 5.89. The first kappa shape index (κ1) is 21.1. The molecule has 1 atom stereocenters. The van der Waals surface area contributed by atoms with E-state index in [1.807, 2.05) is 71.9 Å². The van der Waals surface area contributed by atoms with Gasteiger partial charge in [0.1, 0.15) is 18.5 Å². The maximum absolute atomic E-state index is 13.2. The summed E-state index contributed by atoms with van der Waals surface area (Å²) in [5, 5.41) is 13.3. The zero-order valence-electron chi connectivity index (χ0n) is 17.2. The highest BCUT2D eigenvalue weighted by atomic mass is 16.5. The van der Waals surface area contributed by atoms with Crippen LogP contribution in [0.2, 0.25) is 0 Å². The molecule has 146 valence electrons. The number of hydrogen-bond donors (Lipinski definition) is 2. The molecule has 2 N–H and O–H groups in total. The molecule has 0 spiro atoms. The van der Waals surface area contributed by atoms with E-state index in [1.165, 1.54) is 0 Å². The van der Waals surface area contributed by atoms with Crippen LogP contribution in [0.4, 0.5) is 0 Å². The molecular weight excluding hydrogens is 338 g/mol. The Labute approximate surface area is 162 Å². The molecule has 27 heavy (non-hydrogen) atoms. The van der Waals surface area contributed by atoms with Crippen LogP contribution in [0.25, 0.3) is 0 Å². The van der Waals surface area contributed by atoms with Gasteiger partial charge in [-0.1, -0.05) is 43.7 Å². The first-order valence-corrected chi connectivity index (χ1v) is 9.46. The molecule has 0 heterocycles. The molecule has 2 aromatic carbocycles. The fraction of sp³-hybridized carbons (Fsp3) is 0.435. The molecule has 0 aliphatic rings. The predicted molar refractivity (Wildman–Crippen MR) is 110 cm³/mol. The van der Waals surface area contributed by atoms with E-state index in [0.29, 0.717) is 29.5 Å². The van der Waals surface area contributed by atoms with Crippen LogP contribution in [-0.4, -0.2) is 36.2 Å². The van der Waals surface area contributed by atoms with E-state index in [9.17, 15) is 9.90 Å². The lowest BCUT2D eigenvalue weighted by Gasteiger charge is -2.18. The van der Waals surface area contributed by atoms with Gasteiger partial charge in [-0.3, -0.25) is 4.79 Å². The SMILES string of the molecule is Cc1ccc(C(=O)c2c(C)cc(C)cc2OCC(O)CNC(C)C)c(C)c1. The molecule has 0 amide bonds. The topological polar surface area (TPSA) is 58.6 Å². The second-order valence-electron chi connectivity index (χ2n) is 7.63. The number of ketones is 1. The minimum atomic E-state index is -0.641. The number of hydrogen-bond acceptors (Lipinski definition) is 4. The Bertz CT molecular complexity index is 812. The normalized spacial score (nSPS) is 12.3. The first-order chi connectivity index (χ1) is 12.7. The van der Waals surface area contributed by atoms with Crippen LogP contribution in [0.1, 0.15) is 52.0 Å². The highest BCUT2D eigenvalue weighted by Gasteiger charge is 2.20. The van der Waals surface area contributed by atoms with Gasteiger partial charge in [-0.05, 0) is 50.5 Å². The number of benzene rings is 2. The number of carbonyl (C=O) groups excluding carboxylic acids is 1. The van der Waals surface area contributed by atoms with Crippen LogP contribution in [-0.2, 0) is 0 Å². The van der Waals surface area contributed by atoms with Crippen molar-refractivity contribution in [3.05, 3.63) is 63.7 Å². The minimum absolute atomic E-state index is 0.0465. The summed E-state index contributed by atoms with van der Waals surface area (Å²) in [6.45, 7) is 12.5. The van der Waals surface area contributed by atoms with Gasteiger partial charge in [0.2, 0.25) is 0 Å². The van der Waals surface area contributed by atoms with Gasteiger partial charge >= 0.3 is 0 Å². The number of ether oxygens (including phenoxy) is 1. The molecule has 1 unspecified atom stereocenters. The summed E-state index contributed by atoms with van der Waals surface area (Å²) in [4.78, 5) is 13.2. The van der Waals surface area contributed by atoms with Gasteiger partial charge in [0.05, 0.1) is 5.56 Å². The average molecular weight is 370 g/mol. The number of rotatable bonds is 8. The zero-order chi connectivity index (χ0) is 20.1. The monoisotopic (exact) mass is 369 g/mol. The summed E-state index contributed by atoms with van der Waals surface area (Å²) in [6, 6.07) is 9.98. The molecule has 0 fully saturated rings. The number of aliphatic hydroxyl groups is 1. The number of aliphatic hydroxyl groups excluding tert-OH is 1. The summed E-state index contributed by atoms with van der Waals surface area (Å²) in [5.74, 6) is 0.482. The van der Waals surface area contributed by atoms with E-state index in [2.05, 4.69) is 5.32 Å². The molecule has 0 aliphatic carbocycles. The van der Waals surface area contributed by atoms with Crippen molar-refractivity contribution in [1.29, 1.82) is 0 Å². The van der Waals surface area contributed by atoms with Crippen molar-refractivity contribution in [3.8, 4) is 5.75 Å². The van der Waals surface area contributed by atoms with E-state index in [4.69, 9.17) is 4.74 Å². The van der Waals surface area contributed by atoms with Gasteiger partial charge in [-0.2, -0.15) is 0 Å². The van der Waals surface area contributed by atoms with Crippen molar-refractivity contribution >= 4 is 5.78 Å². The second-order valence-corrected chi connectivity index (χ2v) is 7.63. The van der Waals surface area contributed by atoms with Crippen molar-refractivity contribution in [3.63, 3.8) is 0 Å². The lowest BCUT2D eigenvalue weighted by molar-refractivity contribution is 0.0980. The minimum Gasteiger partial charge on any atom is -0.490 e. The Hall–Kier alpha value is -2.17. The standard InChI is InChI=1S/C23H31NO3/c1-14(2)24-12-19(25)13-27-21-11-16(4)10-18(6)22(21)23(26)20-8-7-15(3)9-17(20)5/h7-11,14,19,24-25H,12-13H2,1-6H3. The fourth-order valence-electron chi connectivity index (χ4n) is 3.15. The van der Waals surface area contributed by atoms with Crippen LogP contribution in [0.5, 0.6) is 5.75 Å². The van der Waals surface area contributed by atoms with Crippen LogP contribution in [0, 0.1) is 27.7 Å². The Kier molecular flexibility index (Phi) is 7.17. The smallest absolute Gasteiger partial charge is 0.197 e. The summed E-state index contributed by atoms with van der Waals surface area (Å²) in [6.07, 6.45) is -0.641. The van der Waals surface area contributed by atoms with Crippen molar-refractivity contribution in [1.82, 2.24) is 5.32 Å². The molecule has 0 saturated heterocycles. The van der Waals surface area contributed by atoms with E-state index in [1.54, 1.807) is 0 Å². The molecule has 2 aromatic rings. The predicted octanol–water partition coefficient (Wildman–Crippen LogP) is 3.89. The third kappa shape index (κ3) is 5.65. The molecule has 0 aromatic heterocycles. The van der Waals surface area contributed by atoms with Gasteiger partial charge in [0.25, 0.3) is 0 Å². The van der Waals surface area contributed by atoms with Gasteiger partial charge in [0, 0.05) is 18.2 Å². The van der Waals surface area contributed by atoms with Crippen LogP contribution in [0.15, 0.2) is 30.3 Å². The van der Waals surface area contributed by atoms with Crippen molar-refractivity contribution in [2.45, 2.75) is 53.7 Å². The molecule has 2 rings (SSSR count). The number of aryl methyl sites for hydroxylation is 4. The molecule has 0 radical (unpaired) electrons. The van der Waals surface area contributed by atoms with E-state index in [-0.39, 0.29) is 12.4 Å². The molecular formula is C23H31NO3. The Morgan fingerprint density at radius 2 is 1.70 bits per heavy atom. The Morgan fingerprint density at radius 1 is 1.04 bits per heavy atom. The quantitative estimate of drug-likeness (QED) is 0.693. The van der Waals surface area contributed by atoms with Crippen LogP contribution in [0.3, 0.4) is 0 Å². The Morgan fingerprint density at radius 3 is 2.33 bits per heavy atom. The summed E-state index contributed by atoms with van der Waals surface area (Å²) in [7, 11) is 0. The molecule has 4 nitrogen and oxygen atoms in total. The largest absolute Gasteiger partial charge is 0.490 e. The van der Waals surface area contributed by atoms with Gasteiger partial charge in [0.15, 0.2) is 5.78 Å². The Balaban J connectivity index is 2.29. The fourth-order valence-corrected chi connectivity index (χ4v) is 3.15. The van der Waals surface area contributed by atoms with Gasteiger partial charge in [-0.15, -0.1) is 0 Å². The van der Waals surface area contributed by atoms with E-state index in [0.717, 1.165) is 22.3 Å². The highest BCUT2D eigenvalue weighted by Crippen LogP contribution is 2.28. The van der Waals surface area contributed by atoms with Crippen molar-refractivity contribution in [2.75, 3.05) is 13.2 Å². The molecule has 0 saturated carbocycles. The molecule has 0 bridgehead atoms. The summed E-state index contributed by atoms with van der Waals surface area (Å²) >= 11 is 0. The zero-order valence-corrected chi connectivity index (χ0v) is 17.2. The van der Waals surface area contributed by atoms with E-state index >= 15 is 0 Å². The highest BCUT2D eigenvalue weighted by molar-refractivity contribution is 6.12. The number of carbonyl (C=O) groups is 1. The third-order valence-electron chi connectivity index (χ3n) is 4.49. The number of nitrogens with one attached hydrogen (secondary N) is 1. The van der Waals surface area contributed by atoms with Crippen molar-refractivity contribution in [2.24, 2.45) is 0 Å². The first-order valence-electron chi connectivity index (χ1n) is 9.46. The van der Waals surface area contributed by atoms with E-state index < -0.39 is 6.10 Å². The summed E-state index contributed by atoms with van der Waals surface area (Å²) in [5.41, 5.74) is 5.23. The molecule has 0 aliphatic heterocycles. The van der Waals surface area contributed by atoms with Crippen LogP contribution >= 0.6 is 0 Å².